The van der Waals surface area contributed by atoms with Crippen LogP contribution in [0.15, 0.2) is 97.1 Å². The van der Waals surface area contributed by atoms with Gasteiger partial charge in [-0.05, 0) is 80.3 Å². The van der Waals surface area contributed by atoms with E-state index in [9.17, 15) is 20.0 Å². The number of nitriles is 1. The molecule has 4 aromatic carbocycles. The third kappa shape index (κ3) is 5.55. The molecule has 5 nitrogen and oxygen atoms in total. The van der Waals surface area contributed by atoms with Gasteiger partial charge >= 0.3 is 5.97 Å². The second-order valence-corrected chi connectivity index (χ2v) is 12.4. The van der Waals surface area contributed by atoms with E-state index in [0.29, 0.717) is 32.3 Å². The number of benzene rings is 4. The molecule has 224 valence electrons. The van der Waals surface area contributed by atoms with E-state index in [1.807, 2.05) is 62.4 Å². The monoisotopic (exact) mass is 625 g/mol. The van der Waals surface area contributed by atoms with Crippen LogP contribution in [0.5, 0.6) is 0 Å². The molecule has 5 unspecified atom stereocenters. The smallest absolute Gasteiger partial charge is 0.327 e. The standard InChI is InChI=1S/C37H33Cl2NO4/c1-4-44-35(42)36(22-40)31(25-9-5-23(2)6-10-25)21-37(43,28-15-19-30(39)20-16-28)33(32(36)26-11-7-24(3)8-12-26)34(41)27-13-17-29(38)18-14-27/h5-20,31-33,43H,4,21H2,1-3H3. The highest BCUT2D eigenvalue weighted by Gasteiger charge is 2.67. The Labute approximate surface area is 268 Å². The molecule has 0 amide bonds. The van der Waals surface area contributed by atoms with Crippen LogP contribution in [0.25, 0.3) is 0 Å². The predicted molar refractivity (Wildman–Crippen MR) is 172 cm³/mol. The summed E-state index contributed by atoms with van der Waals surface area (Å²) in [4.78, 5) is 29.1. The lowest BCUT2D eigenvalue weighted by Gasteiger charge is -2.54. The van der Waals surface area contributed by atoms with E-state index >= 15 is 0 Å². The molecule has 5 atom stereocenters. The van der Waals surface area contributed by atoms with Crippen molar-refractivity contribution in [2.45, 2.75) is 44.6 Å². The zero-order chi connectivity index (χ0) is 31.6. The number of hydrogen-bond acceptors (Lipinski definition) is 5. The second-order valence-electron chi connectivity index (χ2n) is 11.5. The number of aryl methyl sites for hydroxylation is 2. The second kappa shape index (κ2) is 12.6. The average molecular weight is 627 g/mol. The summed E-state index contributed by atoms with van der Waals surface area (Å²) in [6, 6.07) is 30.5. The van der Waals surface area contributed by atoms with Crippen LogP contribution >= 0.6 is 23.2 Å². The van der Waals surface area contributed by atoms with Gasteiger partial charge in [-0.25, -0.2) is 0 Å². The van der Waals surface area contributed by atoms with Gasteiger partial charge in [0.25, 0.3) is 0 Å². The number of ether oxygens (including phenoxy) is 1. The summed E-state index contributed by atoms with van der Waals surface area (Å²) in [7, 11) is 0. The van der Waals surface area contributed by atoms with E-state index in [0.717, 1.165) is 11.1 Å². The van der Waals surface area contributed by atoms with Gasteiger partial charge in [0.15, 0.2) is 11.2 Å². The van der Waals surface area contributed by atoms with Crippen LogP contribution in [-0.4, -0.2) is 23.5 Å². The minimum absolute atomic E-state index is 0.0424. The van der Waals surface area contributed by atoms with E-state index in [2.05, 4.69) is 6.07 Å². The molecular formula is C37H33Cl2NO4. The first-order chi connectivity index (χ1) is 21.0. The van der Waals surface area contributed by atoms with Crippen molar-refractivity contribution in [1.82, 2.24) is 0 Å². The molecule has 4 aromatic rings. The number of carbonyl (C=O) groups excluding carboxylic acids is 2. The highest BCUT2D eigenvalue weighted by Crippen LogP contribution is 2.63. The number of Topliss-reactive ketones (excluding diaryl/α,β-unsaturated/α-hetero) is 1. The van der Waals surface area contributed by atoms with Crippen molar-refractivity contribution in [3.63, 3.8) is 0 Å². The van der Waals surface area contributed by atoms with Gasteiger partial charge in [-0.3, -0.25) is 9.59 Å². The minimum Gasteiger partial charge on any atom is -0.465 e. The van der Waals surface area contributed by atoms with Crippen LogP contribution in [0.4, 0.5) is 0 Å². The summed E-state index contributed by atoms with van der Waals surface area (Å²) >= 11 is 12.4. The Morgan fingerprint density at radius 2 is 1.34 bits per heavy atom. The van der Waals surface area contributed by atoms with Gasteiger partial charge < -0.3 is 9.84 Å². The van der Waals surface area contributed by atoms with E-state index in [1.54, 1.807) is 55.5 Å². The fraction of sp³-hybridized carbons (Fsp3) is 0.270. The van der Waals surface area contributed by atoms with Crippen molar-refractivity contribution in [2.75, 3.05) is 6.61 Å². The average Bonchev–Trinajstić information content (AvgIpc) is 3.02. The Hall–Kier alpha value is -3.95. The van der Waals surface area contributed by atoms with Crippen LogP contribution < -0.4 is 0 Å². The highest BCUT2D eigenvalue weighted by atomic mass is 35.5. The molecule has 0 aliphatic heterocycles. The SMILES string of the molecule is CCOC(=O)C1(C#N)C(c2ccc(C)cc2)CC(O)(c2ccc(Cl)cc2)C(C(=O)c2ccc(Cl)cc2)C1c1ccc(C)cc1. The number of rotatable bonds is 7. The van der Waals surface area contributed by atoms with Gasteiger partial charge in [0.05, 0.1) is 18.6 Å². The molecule has 1 fully saturated rings. The molecule has 1 aliphatic carbocycles. The molecule has 0 heterocycles. The molecule has 0 saturated heterocycles. The first-order valence-electron chi connectivity index (χ1n) is 14.5. The van der Waals surface area contributed by atoms with Crippen molar-refractivity contribution in [3.8, 4) is 6.07 Å². The molecule has 7 heteroatoms. The summed E-state index contributed by atoms with van der Waals surface area (Å²) in [6.07, 6.45) is -0.101. The molecule has 0 radical (unpaired) electrons. The topological polar surface area (TPSA) is 87.4 Å². The fourth-order valence-electron chi connectivity index (χ4n) is 6.67. The Balaban J connectivity index is 1.89. The Morgan fingerprint density at radius 3 is 1.84 bits per heavy atom. The molecule has 0 aromatic heterocycles. The predicted octanol–water partition coefficient (Wildman–Crippen LogP) is 8.34. The zero-order valence-corrected chi connectivity index (χ0v) is 26.3. The minimum atomic E-state index is -1.87. The molecule has 44 heavy (non-hydrogen) atoms. The third-order valence-electron chi connectivity index (χ3n) is 8.87. The summed E-state index contributed by atoms with van der Waals surface area (Å²) in [6.45, 7) is 5.62. The van der Waals surface area contributed by atoms with E-state index in [1.165, 1.54) is 0 Å². The molecular weight excluding hydrogens is 593 g/mol. The number of esters is 1. The largest absolute Gasteiger partial charge is 0.465 e. The van der Waals surface area contributed by atoms with Crippen LogP contribution in [-0.2, 0) is 15.1 Å². The fourth-order valence-corrected chi connectivity index (χ4v) is 6.93. The van der Waals surface area contributed by atoms with E-state index in [4.69, 9.17) is 27.9 Å². The number of nitrogens with zero attached hydrogens (tertiary/aromatic N) is 1. The van der Waals surface area contributed by atoms with Gasteiger partial charge in [0.2, 0.25) is 0 Å². The number of carbonyl (C=O) groups is 2. The summed E-state index contributed by atoms with van der Waals surface area (Å²) < 4.78 is 5.68. The van der Waals surface area contributed by atoms with Crippen molar-refractivity contribution in [3.05, 3.63) is 140 Å². The number of ketones is 1. The molecule has 1 saturated carbocycles. The van der Waals surface area contributed by atoms with Crippen LogP contribution in [0.3, 0.4) is 0 Å². The molecule has 5 rings (SSSR count). The molecule has 1 N–H and O–H groups in total. The Bertz CT molecular complexity index is 1700. The normalized spacial score (nSPS) is 24.7. The van der Waals surface area contributed by atoms with Gasteiger partial charge in [-0.1, -0.05) is 95.0 Å². The van der Waals surface area contributed by atoms with Crippen molar-refractivity contribution < 1.29 is 19.4 Å². The first kappa shape index (κ1) is 31.5. The van der Waals surface area contributed by atoms with Gasteiger partial charge in [0.1, 0.15) is 5.60 Å². The summed E-state index contributed by atoms with van der Waals surface area (Å²) in [5.41, 5.74) is 0.292. The summed E-state index contributed by atoms with van der Waals surface area (Å²) in [5.74, 6) is -4.36. The molecule has 0 spiro atoms. The zero-order valence-electron chi connectivity index (χ0n) is 24.8. The van der Waals surface area contributed by atoms with Crippen molar-refractivity contribution >= 4 is 35.0 Å². The Morgan fingerprint density at radius 1 is 0.841 bits per heavy atom. The quantitative estimate of drug-likeness (QED) is 0.165. The van der Waals surface area contributed by atoms with Crippen molar-refractivity contribution in [2.24, 2.45) is 11.3 Å². The number of halogens is 2. The highest BCUT2D eigenvalue weighted by molar-refractivity contribution is 6.31. The number of aliphatic hydroxyl groups is 1. The lowest BCUT2D eigenvalue weighted by Crippen LogP contribution is -2.59. The van der Waals surface area contributed by atoms with E-state index < -0.39 is 40.5 Å². The third-order valence-corrected chi connectivity index (χ3v) is 9.38. The van der Waals surface area contributed by atoms with Gasteiger partial charge in [-0.2, -0.15) is 5.26 Å². The van der Waals surface area contributed by atoms with Crippen molar-refractivity contribution in [1.29, 1.82) is 5.26 Å². The lowest BCUT2D eigenvalue weighted by molar-refractivity contribution is -0.164. The lowest BCUT2D eigenvalue weighted by atomic mass is 9.47. The van der Waals surface area contributed by atoms with Crippen LogP contribution in [0.2, 0.25) is 10.0 Å². The molecule has 0 bridgehead atoms. The van der Waals surface area contributed by atoms with Crippen LogP contribution in [0, 0.1) is 36.5 Å². The first-order valence-corrected chi connectivity index (χ1v) is 15.3. The maximum Gasteiger partial charge on any atom is 0.327 e. The van der Waals surface area contributed by atoms with Crippen LogP contribution in [0.1, 0.15) is 63.4 Å². The Kier molecular flexibility index (Phi) is 9.00. The maximum absolute atomic E-state index is 14.8. The summed E-state index contributed by atoms with van der Waals surface area (Å²) in [5, 5.41) is 25.2. The van der Waals surface area contributed by atoms with E-state index in [-0.39, 0.29) is 13.0 Å². The number of hydrogen-bond donors (Lipinski definition) is 1. The van der Waals surface area contributed by atoms with Gasteiger partial charge in [-0.15, -0.1) is 0 Å². The molecule has 1 aliphatic rings. The van der Waals surface area contributed by atoms with Gasteiger partial charge in [0, 0.05) is 27.4 Å². The maximum atomic E-state index is 14.8.